The molecule has 3 rings (SSSR count). The molecule has 0 fully saturated rings. The fourth-order valence-electron chi connectivity index (χ4n) is 2.64. The topological polar surface area (TPSA) is 64.4 Å². The first kappa shape index (κ1) is 14.5. The van der Waals surface area contributed by atoms with E-state index in [1.165, 1.54) is 7.11 Å². The number of carbonyl (C=O) groups is 2. The van der Waals surface area contributed by atoms with Crippen molar-refractivity contribution >= 4 is 12.3 Å². The summed E-state index contributed by atoms with van der Waals surface area (Å²) in [5, 5.41) is 0. The Kier molecular flexibility index (Phi) is 4.02. The quantitative estimate of drug-likeness (QED) is 0.632. The molecule has 1 aliphatic rings. The number of imidazole rings is 1. The number of aromatic nitrogens is 2. The van der Waals surface area contributed by atoms with Gasteiger partial charge in [-0.3, -0.25) is 9.69 Å². The van der Waals surface area contributed by atoms with Crippen LogP contribution >= 0.6 is 0 Å². The van der Waals surface area contributed by atoms with E-state index in [9.17, 15) is 9.59 Å². The zero-order valence-corrected chi connectivity index (χ0v) is 12.4. The number of esters is 1. The van der Waals surface area contributed by atoms with Crippen LogP contribution in [-0.4, -0.2) is 40.4 Å². The highest BCUT2D eigenvalue weighted by Gasteiger charge is 2.18. The van der Waals surface area contributed by atoms with E-state index in [1.54, 1.807) is 18.3 Å². The van der Waals surface area contributed by atoms with Gasteiger partial charge in [-0.1, -0.05) is 12.1 Å². The molecule has 0 spiro atoms. The Hall–Kier alpha value is -2.47. The van der Waals surface area contributed by atoms with Crippen LogP contribution in [-0.2, 0) is 24.4 Å². The van der Waals surface area contributed by atoms with Crippen molar-refractivity contribution in [2.24, 2.45) is 0 Å². The molecule has 2 heterocycles. The molecule has 1 aromatic heterocycles. The van der Waals surface area contributed by atoms with E-state index in [0.29, 0.717) is 17.8 Å². The van der Waals surface area contributed by atoms with Crippen LogP contribution in [0.2, 0.25) is 0 Å². The van der Waals surface area contributed by atoms with Crippen molar-refractivity contribution in [1.82, 2.24) is 14.5 Å². The summed E-state index contributed by atoms with van der Waals surface area (Å²) in [5.41, 5.74) is 2.17. The zero-order valence-electron chi connectivity index (χ0n) is 12.4. The first-order valence-corrected chi connectivity index (χ1v) is 7.10. The van der Waals surface area contributed by atoms with Gasteiger partial charge in [0, 0.05) is 25.8 Å². The monoisotopic (exact) mass is 299 g/mol. The van der Waals surface area contributed by atoms with Gasteiger partial charge in [0.05, 0.1) is 19.2 Å². The van der Waals surface area contributed by atoms with E-state index in [4.69, 9.17) is 0 Å². The fourth-order valence-corrected chi connectivity index (χ4v) is 2.64. The molecule has 0 saturated carbocycles. The lowest BCUT2D eigenvalue weighted by molar-refractivity contribution is 0.0600. The Balaban J connectivity index is 1.66. The maximum absolute atomic E-state index is 11.4. The van der Waals surface area contributed by atoms with Gasteiger partial charge >= 0.3 is 5.97 Å². The average Bonchev–Trinajstić information content (AvgIpc) is 2.97. The number of aldehydes is 1. The summed E-state index contributed by atoms with van der Waals surface area (Å²) in [7, 11) is 1.37. The highest BCUT2D eigenvalue weighted by Crippen LogP contribution is 2.16. The minimum Gasteiger partial charge on any atom is -0.465 e. The summed E-state index contributed by atoms with van der Waals surface area (Å²) >= 11 is 0. The third-order valence-electron chi connectivity index (χ3n) is 3.80. The minimum atomic E-state index is -0.326. The van der Waals surface area contributed by atoms with Gasteiger partial charge in [-0.05, 0) is 17.7 Å². The van der Waals surface area contributed by atoms with Crippen LogP contribution in [0.15, 0.2) is 30.5 Å². The van der Waals surface area contributed by atoms with E-state index < -0.39 is 0 Å². The van der Waals surface area contributed by atoms with Crippen molar-refractivity contribution in [3.63, 3.8) is 0 Å². The summed E-state index contributed by atoms with van der Waals surface area (Å²) in [6, 6.07) is 7.42. The molecule has 0 radical (unpaired) electrons. The van der Waals surface area contributed by atoms with E-state index in [-0.39, 0.29) is 5.97 Å². The molecule has 6 nitrogen and oxygen atoms in total. The molecule has 0 saturated heterocycles. The van der Waals surface area contributed by atoms with Gasteiger partial charge in [-0.2, -0.15) is 0 Å². The highest BCUT2D eigenvalue weighted by molar-refractivity contribution is 5.89. The van der Waals surface area contributed by atoms with E-state index >= 15 is 0 Å². The van der Waals surface area contributed by atoms with E-state index in [2.05, 4.69) is 14.6 Å². The first-order chi connectivity index (χ1) is 10.7. The lowest BCUT2D eigenvalue weighted by Crippen LogP contribution is -2.33. The van der Waals surface area contributed by atoms with Crippen LogP contribution in [0.1, 0.15) is 32.2 Å². The summed E-state index contributed by atoms with van der Waals surface area (Å²) in [4.78, 5) is 28.8. The number of ether oxygens (including phenoxy) is 1. The van der Waals surface area contributed by atoms with Crippen LogP contribution in [0.3, 0.4) is 0 Å². The molecule has 22 heavy (non-hydrogen) atoms. The lowest BCUT2D eigenvalue weighted by Gasteiger charge is -2.27. The van der Waals surface area contributed by atoms with Crippen molar-refractivity contribution in [2.75, 3.05) is 13.7 Å². The normalized spacial score (nSPS) is 14.4. The van der Waals surface area contributed by atoms with Gasteiger partial charge in [-0.15, -0.1) is 0 Å². The molecular formula is C16H17N3O3. The Bertz CT molecular complexity index is 691. The number of hydrogen-bond acceptors (Lipinski definition) is 5. The van der Waals surface area contributed by atoms with E-state index in [0.717, 1.165) is 37.3 Å². The number of rotatable bonds is 4. The third kappa shape index (κ3) is 2.92. The standard InChI is InChI=1S/C16H17N3O3/c1-22-16(21)13-4-2-12(3-5-13)8-18-6-7-19-9-14(11-20)17-15(19)10-18/h2-5,9,11H,6-8,10H2,1H3. The minimum absolute atomic E-state index is 0.326. The Labute approximate surface area is 128 Å². The number of methoxy groups -OCH3 is 1. The van der Waals surface area contributed by atoms with Crippen LogP contribution in [0.25, 0.3) is 0 Å². The van der Waals surface area contributed by atoms with Gasteiger partial charge in [0.2, 0.25) is 0 Å². The molecule has 6 heteroatoms. The van der Waals surface area contributed by atoms with Crippen molar-refractivity contribution in [2.45, 2.75) is 19.6 Å². The second-order valence-corrected chi connectivity index (χ2v) is 5.29. The molecule has 114 valence electrons. The summed E-state index contributed by atoms with van der Waals surface area (Å²) < 4.78 is 6.72. The van der Waals surface area contributed by atoms with Gasteiger partial charge in [0.1, 0.15) is 11.5 Å². The second kappa shape index (κ2) is 6.11. The lowest BCUT2D eigenvalue weighted by atomic mass is 10.1. The molecule has 1 aliphatic heterocycles. The predicted molar refractivity (Wildman–Crippen MR) is 79.5 cm³/mol. The molecule has 0 unspecified atom stereocenters. The number of carbonyl (C=O) groups excluding carboxylic acids is 2. The number of fused-ring (bicyclic) bond motifs is 1. The molecule has 0 N–H and O–H groups in total. The fraction of sp³-hybridized carbons (Fsp3) is 0.312. The van der Waals surface area contributed by atoms with Gasteiger partial charge < -0.3 is 9.30 Å². The van der Waals surface area contributed by atoms with Crippen LogP contribution < -0.4 is 0 Å². The van der Waals surface area contributed by atoms with Crippen LogP contribution in [0, 0.1) is 0 Å². The summed E-state index contributed by atoms with van der Waals surface area (Å²) in [6.07, 6.45) is 2.58. The Morgan fingerprint density at radius 3 is 2.77 bits per heavy atom. The predicted octanol–water partition coefficient (Wildman–Crippen LogP) is 1.50. The summed E-state index contributed by atoms with van der Waals surface area (Å²) in [6.45, 7) is 3.23. The van der Waals surface area contributed by atoms with E-state index in [1.807, 2.05) is 16.7 Å². The third-order valence-corrected chi connectivity index (χ3v) is 3.80. The first-order valence-electron chi connectivity index (χ1n) is 7.10. The number of nitrogens with zero attached hydrogens (tertiary/aromatic N) is 3. The molecule has 0 atom stereocenters. The molecule has 2 aromatic rings. The van der Waals surface area contributed by atoms with Gasteiger partial charge in [-0.25, -0.2) is 9.78 Å². The van der Waals surface area contributed by atoms with Crippen molar-refractivity contribution < 1.29 is 14.3 Å². The maximum atomic E-state index is 11.4. The SMILES string of the molecule is COC(=O)c1ccc(CN2CCn3cc(C=O)nc3C2)cc1. The zero-order chi connectivity index (χ0) is 15.5. The molecule has 0 aliphatic carbocycles. The molecule has 0 bridgehead atoms. The molecule has 0 amide bonds. The maximum Gasteiger partial charge on any atom is 0.337 e. The van der Waals surface area contributed by atoms with Crippen molar-refractivity contribution in [3.05, 3.63) is 53.1 Å². The smallest absolute Gasteiger partial charge is 0.337 e. The molecule has 1 aromatic carbocycles. The Morgan fingerprint density at radius 2 is 2.09 bits per heavy atom. The largest absolute Gasteiger partial charge is 0.465 e. The average molecular weight is 299 g/mol. The number of benzene rings is 1. The highest BCUT2D eigenvalue weighted by atomic mass is 16.5. The van der Waals surface area contributed by atoms with Gasteiger partial charge in [0.15, 0.2) is 6.29 Å². The van der Waals surface area contributed by atoms with Crippen LogP contribution in [0.4, 0.5) is 0 Å². The van der Waals surface area contributed by atoms with Crippen molar-refractivity contribution in [3.8, 4) is 0 Å². The molecular weight excluding hydrogens is 282 g/mol. The number of hydrogen-bond donors (Lipinski definition) is 0. The van der Waals surface area contributed by atoms with Crippen molar-refractivity contribution in [1.29, 1.82) is 0 Å². The Morgan fingerprint density at radius 1 is 1.32 bits per heavy atom. The van der Waals surface area contributed by atoms with Crippen LogP contribution in [0.5, 0.6) is 0 Å². The summed E-state index contributed by atoms with van der Waals surface area (Å²) in [5.74, 6) is 0.590. The second-order valence-electron chi connectivity index (χ2n) is 5.29. The van der Waals surface area contributed by atoms with Gasteiger partial charge in [0.25, 0.3) is 0 Å².